The Labute approximate surface area is 119 Å². The SMILES string of the molecule is CC(C)(C)NC(=O)CNC(=O)[C@H]1CCC[C@@H](C(=O)O)C1. The second kappa shape index (κ2) is 6.72. The molecule has 0 saturated heterocycles. The molecule has 3 N–H and O–H groups in total. The number of hydrogen-bond acceptors (Lipinski definition) is 3. The van der Waals surface area contributed by atoms with Crippen molar-refractivity contribution in [2.24, 2.45) is 11.8 Å². The Morgan fingerprint density at radius 1 is 1.15 bits per heavy atom. The van der Waals surface area contributed by atoms with Gasteiger partial charge in [-0.05, 0) is 40.0 Å². The van der Waals surface area contributed by atoms with Gasteiger partial charge in [0.15, 0.2) is 0 Å². The summed E-state index contributed by atoms with van der Waals surface area (Å²) in [5, 5.41) is 14.3. The summed E-state index contributed by atoms with van der Waals surface area (Å²) in [5.74, 6) is -2.04. The lowest BCUT2D eigenvalue weighted by molar-refractivity contribution is -0.144. The van der Waals surface area contributed by atoms with Crippen LogP contribution >= 0.6 is 0 Å². The van der Waals surface area contributed by atoms with Crippen LogP contribution in [0.3, 0.4) is 0 Å². The lowest BCUT2D eigenvalue weighted by Gasteiger charge is -2.26. The Bertz CT molecular complexity index is 387. The lowest BCUT2D eigenvalue weighted by Crippen LogP contribution is -2.47. The highest BCUT2D eigenvalue weighted by Gasteiger charge is 2.31. The number of hydrogen-bond donors (Lipinski definition) is 3. The molecule has 2 atom stereocenters. The third-order valence-corrected chi connectivity index (χ3v) is 3.33. The summed E-state index contributed by atoms with van der Waals surface area (Å²) in [4.78, 5) is 34.5. The van der Waals surface area contributed by atoms with Gasteiger partial charge in [0.05, 0.1) is 12.5 Å². The zero-order valence-corrected chi connectivity index (χ0v) is 12.4. The average Bonchev–Trinajstić information content (AvgIpc) is 2.34. The predicted molar refractivity (Wildman–Crippen MR) is 74.0 cm³/mol. The zero-order chi connectivity index (χ0) is 15.3. The van der Waals surface area contributed by atoms with E-state index in [2.05, 4.69) is 10.6 Å². The van der Waals surface area contributed by atoms with Crippen molar-refractivity contribution in [2.75, 3.05) is 6.54 Å². The summed E-state index contributed by atoms with van der Waals surface area (Å²) in [7, 11) is 0. The molecule has 1 aliphatic carbocycles. The highest BCUT2D eigenvalue weighted by atomic mass is 16.4. The van der Waals surface area contributed by atoms with E-state index in [-0.39, 0.29) is 29.8 Å². The third kappa shape index (κ3) is 5.59. The van der Waals surface area contributed by atoms with Gasteiger partial charge in [-0.25, -0.2) is 0 Å². The lowest BCUT2D eigenvalue weighted by atomic mass is 9.81. The molecule has 2 amide bonds. The minimum Gasteiger partial charge on any atom is -0.481 e. The number of amides is 2. The number of carbonyl (C=O) groups is 3. The summed E-state index contributed by atoms with van der Waals surface area (Å²) in [5.41, 5.74) is -0.332. The van der Waals surface area contributed by atoms with E-state index in [0.29, 0.717) is 19.3 Å². The molecular weight excluding hydrogens is 260 g/mol. The van der Waals surface area contributed by atoms with Crippen LogP contribution in [0.2, 0.25) is 0 Å². The van der Waals surface area contributed by atoms with Crippen LogP contribution in [0.25, 0.3) is 0 Å². The first-order chi connectivity index (χ1) is 9.19. The number of rotatable bonds is 4. The molecule has 6 heteroatoms. The monoisotopic (exact) mass is 284 g/mol. The first kappa shape index (κ1) is 16.5. The van der Waals surface area contributed by atoms with E-state index in [0.717, 1.165) is 6.42 Å². The van der Waals surface area contributed by atoms with Crippen molar-refractivity contribution in [3.05, 3.63) is 0 Å². The largest absolute Gasteiger partial charge is 0.481 e. The number of carboxylic acid groups (broad SMARTS) is 1. The van der Waals surface area contributed by atoms with Crippen molar-refractivity contribution in [3.8, 4) is 0 Å². The van der Waals surface area contributed by atoms with Crippen LogP contribution in [0.5, 0.6) is 0 Å². The Hall–Kier alpha value is -1.59. The maximum Gasteiger partial charge on any atom is 0.306 e. The van der Waals surface area contributed by atoms with Crippen molar-refractivity contribution in [2.45, 2.75) is 52.0 Å². The molecule has 1 rings (SSSR count). The Morgan fingerprint density at radius 2 is 1.75 bits per heavy atom. The van der Waals surface area contributed by atoms with E-state index in [1.807, 2.05) is 20.8 Å². The summed E-state index contributed by atoms with van der Waals surface area (Å²) in [6.07, 6.45) is 2.42. The van der Waals surface area contributed by atoms with Gasteiger partial charge in [0.2, 0.25) is 11.8 Å². The molecule has 1 fully saturated rings. The van der Waals surface area contributed by atoms with Gasteiger partial charge >= 0.3 is 5.97 Å². The Morgan fingerprint density at radius 3 is 2.30 bits per heavy atom. The summed E-state index contributed by atoms with van der Waals surface area (Å²) in [6.45, 7) is 5.53. The second-order valence-corrected chi connectivity index (χ2v) is 6.41. The van der Waals surface area contributed by atoms with Crippen LogP contribution in [-0.2, 0) is 14.4 Å². The standard InChI is InChI=1S/C14H24N2O4/c1-14(2,3)16-11(17)8-15-12(18)9-5-4-6-10(7-9)13(19)20/h9-10H,4-8H2,1-3H3,(H,15,18)(H,16,17)(H,19,20)/t9-,10+/m0/s1. The van der Waals surface area contributed by atoms with Crippen LogP contribution in [0.15, 0.2) is 0 Å². The fourth-order valence-electron chi connectivity index (χ4n) is 2.43. The molecule has 0 aromatic heterocycles. The Kier molecular flexibility index (Phi) is 5.53. The predicted octanol–water partition coefficient (Wildman–Crippen LogP) is 0.908. The molecule has 1 saturated carbocycles. The summed E-state index contributed by atoms with van der Waals surface area (Å²) < 4.78 is 0. The minimum atomic E-state index is -0.840. The molecule has 0 aromatic carbocycles. The maximum atomic E-state index is 12.0. The van der Waals surface area contributed by atoms with Crippen molar-refractivity contribution in [1.29, 1.82) is 0 Å². The van der Waals surface area contributed by atoms with Crippen LogP contribution in [0.1, 0.15) is 46.5 Å². The average molecular weight is 284 g/mol. The fourth-order valence-corrected chi connectivity index (χ4v) is 2.43. The van der Waals surface area contributed by atoms with Gasteiger partial charge < -0.3 is 15.7 Å². The maximum absolute atomic E-state index is 12.0. The van der Waals surface area contributed by atoms with Gasteiger partial charge in [0.1, 0.15) is 0 Å². The molecule has 0 aromatic rings. The van der Waals surface area contributed by atoms with E-state index in [4.69, 9.17) is 5.11 Å². The molecule has 0 bridgehead atoms. The van der Waals surface area contributed by atoms with E-state index in [1.165, 1.54) is 0 Å². The van der Waals surface area contributed by atoms with Gasteiger partial charge in [-0.3, -0.25) is 14.4 Å². The van der Waals surface area contributed by atoms with Gasteiger partial charge in [-0.2, -0.15) is 0 Å². The number of nitrogens with one attached hydrogen (secondary N) is 2. The summed E-state index contributed by atoms with van der Waals surface area (Å²) >= 11 is 0. The minimum absolute atomic E-state index is 0.0651. The van der Waals surface area contributed by atoms with E-state index in [1.54, 1.807) is 0 Å². The van der Waals surface area contributed by atoms with Crippen LogP contribution < -0.4 is 10.6 Å². The van der Waals surface area contributed by atoms with Crippen molar-refractivity contribution in [1.82, 2.24) is 10.6 Å². The Balaban J connectivity index is 2.39. The molecule has 0 unspecified atom stereocenters. The molecule has 114 valence electrons. The van der Waals surface area contributed by atoms with Crippen LogP contribution in [-0.4, -0.2) is 35.0 Å². The van der Waals surface area contributed by atoms with E-state index >= 15 is 0 Å². The summed E-state index contributed by atoms with van der Waals surface area (Å²) in [6, 6.07) is 0. The zero-order valence-electron chi connectivity index (χ0n) is 12.4. The molecule has 0 aliphatic heterocycles. The fraction of sp³-hybridized carbons (Fsp3) is 0.786. The van der Waals surface area contributed by atoms with E-state index < -0.39 is 11.9 Å². The first-order valence-corrected chi connectivity index (χ1v) is 7.00. The molecule has 1 aliphatic rings. The van der Waals surface area contributed by atoms with Gasteiger partial charge in [0.25, 0.3) is 0 Å². The smallest absolute Gasteiger partial charge is 0.306 e. The van der Waals surface area contributed by atoms with Crippen molar-refractivity contribution in [3.63, 3.8) is 0 Å². The van der Waals surface area contributed by atoms with Crippen LogP contribution in [0.4, 0.5) is 0 Å². The normalized spacial score (nSPS) is 22.9. The topological polar surface area (TPSA) is 95.5 Å². The molecule has 0 spiro atoms. The van der Waals surface area contributed by atoms with Gasteiger partial charge in [0, 0.05) is 11.5 Å². The quantitative estimate of drug-likeness (QED) is 0.715. The molecule has 6 nitrogen and oxygen atoms in total. The number of aliphatic carboxylic acids is 1. The first-order valence-electron chi connectivity index (χ1n) is 7.00. The number of carbonyl (C=O) groups excluding carboxylic acids is 2. The highest BCUT2D eigenvalue weighted by molar-refractivity contribution is 5.86. The second-order valence-electron chi connectivity index (χ2n) is 6.41. The van der Waals surface area contributed by atoms with E-state index in [9.17, 15) is 14.4 Å². The number of carboxylic acids is 1. The highest BCUT2D eigenvalue weighted by Crippen LogP contribution is 2.29. The molecule has 0 radical (unpaired) electrons. The molecule has 0 heterocycles. The van der Waals surface area contributed by atoms with Crippen molar-refractivity contribution < 1.29 is 19.5 Å². The molecular formula is C14H24N2O4. The molecule has 20 heavy (non-hydrogen) atoms. The van der Waals surface area contributed by atoms with Gasteiger partial charge in [-0.1, -0.05) is 6.42 Å². The van der Waals surface area contributed by atoms with Crippen LogP contribution in [0, 0.1) is 11.8 Å². The van der Waals surface area contributed by atoms with Gasteiger partial charge in [-0.15, -0.1) is 0 Å². The van der Waals surface area contributed by atoms with Crippen molar-refractivity contribution >= 4 is 17.8 Å². The third-order valence-electron chi connectivity index (χ3n) is 3.33.